The van der Waals surface area contributed by atoms with Crippen LogP contribution in [0.2, 0.25) is 0 Å². The molecule has 0 spiro atoms. The van der Waals surface area contributed by atoms with Gasteiger partial charge in [0.2, 0.25) is 0 Å². The first kappa shape index (κ1) is 19.4. The summed E-state index contributed by atoms with van der Waals surface area (Å²) in [7, 11) is 0. The van der Waals surface area contributed by atoms with Crippen LogP contribution in [0.25, 0.3) is 11.0 Å². The topological polar surface area (TPSA) is 76.0 Å². The summed E-state index contributed by atoms with van der Waals surface area (Å²) in [6.45, 7) is 3.16. The number of nitrogens with one attached hydrogen (secondary N) is 1. The molecule has 0 saturated carbocycles. The molecule has 2 aromatic heterocycles. The van der Waals surface area contributed by atoms with Crippen molar-refractivity contribution in [1.82, 2.24) is 19.5 Å². The lowest BCUT2D eigenvalue weighted by atomic mass is 10.2. The van der Waals surface area contributed by atoms with E-state index in [0.717, 1.165) is 5.56 Å². The zero-order chi connectivity index (χ0) is 21.2. The van der Waals surface area contributed by atoms with E-state index in [1.807, 2.05) is 39.8 Å². The van der Waals surface area contributed by atoms with E-state index in [9.17, 15) is 9.18 Å². The van der Waals surface area contributed by atoms with Crippen molar-refractivity contribution in [2.24, 2.45) is 0 Å². The Kier molecular flexibility index (Phi) is 5.21. The molecule has 31 heavy (non-hydrogen) atoms. The third-order valence-corrected chi connectivity index (χ3v) is 5.41. The number of imidazole rings is 1. The molecule has 5 rings (SSSR count). The number of morpholine rings is 1. The molecule has 0 unspecified atom stereocenters. The maximum absolute atomic E-state index is 14.0. The van der Waals surface area contributed by atoms with Gasteiger partial charge in [-0.3, -0.25) is 4.79 Å². The fourth-order valence-corrected chi connectivity index (χ4v) is 3.91. The third kappa shape index (κ3) is 4.20. The number of nitrogens with zero attached hydrogens (tertiary/aromatic N) is 4. The normalized spacial score (nSPS) is 14.3. The van der Waals surface area contributed by atoms with Crippen LogP contribution in [-0.4, -0.2) is 45.8 Å². The number of aromatic amines is 1. The average Bonchev–Trinajstić information content (AvgIpc) is 3.11. The SMILES string of the molecule is O=c1cc(N2CCOCC2)nc(Cc2nc3ccc(F)cc3n2Cc2ccccc2)[nH]1. The molecule has 0 aliphatic carbocycles. The summed E-state index contributed by atoms with van der Waals surface area (Å²) in [6, 6.07) is 16.0. The smallest absolute Gasteiger partial charge is 0.252 e. The van der Waals surface area contributed by atoms with Gasteiger partial charge in [-0.2, -0.15) is 0 Å². The number of aromatic nitrogens is 4. The van der Waals surface area contributed by atoms with Crippen molar-refractivity contribution in [3.63, 3.8) is 0 Å². The molecule has 4 aromatic rings. The largest absolute Gasteiger partial charge is 0.378 e. The van der Waals surface area contributed by atoms with Gasteiger partial charge in [0, 0.05) is 25.7 Å². The van der Waals surface area contributed by atoms with Gasteiger partial charge in [0.1, 0.15) is 23.3 Å². The molecule has 8 heteroatoms. The third-order valence-electron chi connectivity index (χ3n) is 5.41. The second-order valence-corrected chi connectivity index (χ2v) is 7.56. The van der Waals surface area contributed by atoms with Gasteiger partial charge in [-0.1, -0.05) is 30.3 Å². The molecule has 0 bridgehead atoms. The lowest BCUT2D eigenvalue weighted by Gasteiger charge is -2.27. The highest BCUT2D eigenvalue weighted by atomic mass is 19.1. The number of halogens is 1. The Morgan fingerprint density at radius 1 is 1.03 bits per heavy atom. The highest BCUT2D eigenvalue weighted by molar-refractivity contribution is 5.76. The Balaban J connectivity index is 1.53. The molecule has 3 heterocycles. The summed E-state index contributed by atoms with van der Waals surface area (Å²) in [4.78, 5) is 26.6. The van der Waals surface area contributed by atoms with E-state index in [-0.39, 0.29) is 11.4 Å². The molecule has 1 aliphatic rings. The number of H-pyrrole nitrogens is 1. The Labute approximate surface area is 178 Å². The Bertz CT molecular complexity index is 1260. The molecule has 2 aromatic carbocycles. The van der Waals surface area contributed by atoms with Crippen molar-refractivity contribution >= 4 is 16.9 Å². The van der Waals surface area contributed by atoms with E-state index >= 15 is 0 Å². The second-order valence-electron chi connectivity index (χ2n) is 7.56. The number of hydrogen-bond acceptors (Lipinski definition) is 5. The van der Waals surface area contributed by atoms with Gasteiger partial charge in [-0.25, -0.2) is 14.4 Å². The minimum atomic E-state index is -0.311. The van der Waals surface area contributed by atoms with Crippen LogP contribution in [0.4, 0.5) is 10.2 Å². The molecule has 0 radical (unpaired) electrons. The highest BCUT2D eigenvalue weighted by Crippen LogP contribution is 2.21. The molecule has 1 fully saturated rings. The van der Waals surface area contributed by atoms with Gasteiger partial charge < -0.3 is 19.2 Å². The minimum Gasteiger partial charge on any atom is -0.378 e. The van der Waals surface area contributed by atoms with E-state index in [2.05, 4.69) is 9.97 Å². The van der Waals surface area contributed by atoms with E-state index in [0.29, 0.717) is 67.8 Å². The summed E-state index contributed by atoms with van der Waals surface area (Å²) >= 11 is 0. The number of anilines is 1. The summed E-state index contributed by atoms with van der Waals surface area (Å²) in [5, 5.41) is 0. The zero-order valence-corrected chi connectivity index (χ0v) is 16.9. The summed E-state index contributed by atoms with van der Waals surface area (Å²) < 4.78 is 21.4. The number of rotatable bonds is 5. The van der Waals surface area contributed by atoms with Crippen LogP contribution >= 0.6 is 0 Å². The maximum Gasteiger partial charge on any atom is 0.252 e. The lowest BCUT2D eigenvalue weighted by molar-refractivity contribution is 0.122. The van der Waals surface area contributed by atoms with Crippen LogP contribution in [0.3, 0.4) is 0 Å². The monoisotopic (exact) mass is 419 g/mol. The fourth-order valence-electron chi connectivity index (χ4n) is 3.91. The van der Waals surface area contributed by atoms with Crippen LogP contribution in [0.1, 0.15) is 17.2 Å². The number of ether oxygens (including phenoxy) is 1. The molecule has 1 N–H and O–H groups in total. The quantitative estimate of drug-likeness (QED) is 0.538. The second kappa shape index (κ2) is 8.31. The van der Waals surface area contributed by atoms with E-state index in [1.165, 1.54) is 18.2 Å². The summed E-state index contributed by atoms with van der Waals surface area (Å²) in [6.07, 6.45) is 0.330. The van der Waals surface area contributed by atoms with Gasteiger partial charge in [0.05, 0.1) is 30.7 Å². The summed E-state index contributed by atoms with van der Waals surface area (Å²) in [5.74, 6) is 1.57. The van der Waals surface area contributed by atoms with Gasteiger partial charge in [-0.05, 0) is 23.8 Å². The van der Waals surface area contributed by atoms with Crippen LogP contribution in [-0.2, 0) is 17.7 Å². The molecule has 0 amide bonds. The van der Waals surface area contributed by atoms with Crippen molar-refractivity contribution in [2.45, 2.75) is 13.0 Å². The van der Waals surface area contributed by atoms with E-state index in [1.54, 1.807) is 6.07 Å². The van der Waals surface area contributed by atoms with Crippen molar-refractivity contribution in [3.05, 3.63) is 88.0 Å². The van der Waals surface area contributed by atoms with Gasteiger partial charge in [0.15, 0.2) is 0 Å². The first-order chi connectivity index (χ1) is 15.2. The van der Waals surface area contributed by atoms with Crippen molar-refractivity contribution in [1.29, 1.82) is 0 Å². The average molecular weight is 419 g/mol. The molecule has 158 valence electrons. The van der Waals surface area contributed by atoms with Crippen molar-refractivity contribution in [3.8, 4) is 0 Å². The molecular formula is C23H22FN5O2. The van der Waals surface area contributed by atoms with Gasteiger partial charge >= 0.3 is 0 Å². The Hall–Kier alpha value is -3.52. The summed E-state index contributed by atoms with van der Waals surface area (Å²) in [5.41, 5.74) is 2.30. The lowest BCUT2D eigenvalue weighted by Crippen LogP contribution is -2.37. The van der Waals surface area contributed by atoms with Crippen LogP contribution < -0.4 is 10.5 Å². The standard InChI is InChI=1S/C23H22FN5O2/c24-17-6-7-18-19(12-17)29(15-16-4-2-1-3-5-16)22(25-18)13-20-26-21(14-23(30)27-20)28-8-10-31-11-9-28/h1-7,12,14H,8-11,13,15H2,(H,26,27,30). The molecule has 7 nitrogen and oxygen atoms in total. The van der Waals surface area contributed by atoms with Gasteiger partial charge in [-0.15, -0.1) is 0 Å². The minimum absolute atomic E-state index is 0.205. The fraction of sp³-hybridized carbons (Fsp3) is 0.261. The number of fused-ring (bicyclic) bond motifs is 1. The highest BCUT2D eigenvalue weighted by Gasteiger charge is 2.17. The van der Waals surface area contributed by atoms with Crippen molar-refractivity contribution < 1.29 is 9.13 Å². The Morgan fingerprint density at radius 2 is 1.84 bits per heavy atom. The van der Waals surface area contributed by atoms with E-state index < -0.39 is 0 Å². The van der Waals surface area contributed by atoms with Crippen molar-refractivity contribution in [2.75, 3.05) is 31.2 Å². The zero-order valence-electron chi connectivity index (χ0n) is 16.9. The molecular weight excluding hydrogens is 397 g/mol. The van der Waals surface area contributed by atoms with Crippen LogP contribution in [0, 0.1) is 5.82 Å². The van der Waals surface area contributed by atoms with E-state index in [4.69, 9.17) is 9.72 Å². The maximum atomic E-state index is 14.0. The number of benzene rings is 2. The Morgan fingerprint density at radius 3 is 2.65 bits per heavy atom. The van der Waals surface area contributed by atoms with Crippen LogP contribution in [0.15, 0.2) is 59.4 Å². The van der Waals surface area contributed by atoms with Gasteiger partial charge in [0.25, 0.3) is 5.56 Å². The molecule has 1 saturated heterocycles. The predicted octanol–water partition coefficient (Wildman–Crippen LogP) is 2.73. The predicted molar refractivity (Wildman–Crippen MR) is 116 cm³/mol. The molecule has 0 atom stereocenters. The first-order valence-electron chi connectivity index (χ1n) is 10.3. The first-order valence-corrected chi connectivity index (χ1v) is 10.3. The molecule has 1 aliphatic heterocycles. The number of hydrogen-bond donors (Lipinski definition) is 1. The van der Waals surface area contributed by atoms with Crippen LogP contribution in [0.5, 0.6) is 0 Å².